The Morgan fingerprint density at radius 3 is 2.52 bits per heavy atom. The molecule has 1 unspecified atom stereocenters. The molecule has 2 aromatic carbocycles. The summed E-state index contributed by atoms with van der Waals surface area (Å²) in [5.74, 6) is -0.119. The van der Waals surface area contributed by atoms with E-state index in [1.165, 1.54) is 6.92 Å². The standard InChI is InChI=1S/C18H22O5/c1-12(17(20)23-11-18(2,21)10-19)13-4-5-15-9-16(22-3)7-6-14(15)8-13/h4-9,12,19,21H,10-11H2,1-3H3/t12-,18?/m0/s1. The van der Waals surface area contributed by atoms with Crippen molar-refractivity contribution in [3.63, 3.8) is 0 Å². The van der Waals surface area contributed by atoms with Gasteiger partial charge in [0.2, 0.25) is 0 Å². The molecule has 0 amide bonds. The highest BCUT2D eigenvalue weighted by Gasteiger charge is 2.24. The molecule has 0 aromatic heterocycles. The maximum Gasteiger partial charge on any atom is 0.313 e. The Bertz CT molecular complexity index is 693. The van der Waals surface area contributed by atoms with Gasteiger partial charge in [-0.05, 0) is 42.3 Å². The van der Waals surface area contributed by atoms with Gasteiger partial charge in [0.25, 0.3) is 0 Å². The number of benzene rings is 2. The minimum Gasteiger partial charge on any atom is -0.497 e. The molecule has 2 aromatic rings. The van der Waals surface area contributed by atoms with E-state index in [-0.39, 0.29) is 6.61 Å². The number of hydrogen-bond acceptors (Lipinski definition) is 5. The van der Waals surface area contributed by atoms with E-state index in [1.807, 2.05) is 36.4 Å². The molecule has 124 valence electrons. The smallest absolute Gasteiger partial charge is 0.313 e. The van der Waals surface area contributed by atoms with Gasteiger partial charge in [0.15, 0.2) is 0 Å². The molecule has 0 fully saturated rings. The molecule has 5 nitrogen and oxygen atoms in total. The molecule has 0 radical (unpaired) electrons. The van der Waals surface area contributed by atoms with Gasteiger partial charge in [0.1, 0.15) is 18.0 Å². The number of hydrogen-bond donors (Lipinski definition) is 2. The highest BCUT2D eigenvalue weighted by molar-refractivity contribution is 5.86. The number of aliphatic hydroxyl groups is 2. The summed E-state index contributed by atoms with van der Waals surface area (Å²) in [5.41, 5.74) is -0.591. The highest BCUT2D eigenvalue weighted by atomic mass is 16.5. The van der Waals surface area contributed by atoms with Crippen molar-refractivity contribution in [1.82, 2.24) is 0 Å². The number of ether oxygens (including phenoxy) is 2. The Hall–Kier alpha value is -2.11. The SMILES string of the molecule is COc1ccc2cc([C@H](C)C(=O)OCC(C)(O)CO)ccc2c1. The van der Waals surface area contributed by atoms with Crippen LogP contribution in [-0.2, 0) is 9.53 Å². The first-order chi connectivity index (χ1) is 10.9. The molecule has 0 saturated carbocycles. The van der Waals surface area contributed by atoms with Crippen molar-refractivity contribution >= 4 is 16.7 Å². The summed E-state index contributed by atoms with van der Waals surface area (Å²) in [7, 11) is 1.62. The Labute approximate surface area is 135 Å². The minimum absolute atomic E-state index is 0.239. The molecule has 2 N–H and O–H groups in total. The van der Waals surface area contributed by atoms with Crippen molar-refractivity contribution < 1.29 is 24.5 Å². The molecular formula is C18H22O5. The van der Waals surface area contributed by atoms with Crippen molar-refractivity contribution in [2.45, 2.75) is 25.4 Å². The first-order valence-electron chi connectivity index (χ1n) is 7.44. The fourth-order valence-electron chi connectivity index (χ4n) is 2.17. The third-order valence-electron chi connectivity index (χ3n) is 3.79. The first kappa shape index (κ1) is 17.2. The molecule has 5 heteroatoms. The van der Waals surface area contributed by atoms with Gasteiger partial charge < -0.3 is 19.7 Å². The van der Waals surface area contributed by atoms with Gasteiger partial charge in [-0.25, -0.2) is 0 Å². The van der Waals surface area contributed by atoms with E-state index in [4.69, 9.17) is 14.6 Å². The van der Waals surface area contributed by atoms with Crippen LogP contribution in [-0.4, -0.2) is 42.1 Å². The normalized spacial score (nSPS) is 15.0. The second-order valence-electron chi connectivity index (χ2n) is 5.96. The number of aliphatic hydroxyl groups excluding tert-OH is 1. The number of rotatable bonds is 6. The van der Waals surface area contributed by atoms with Crippen molar-refractivity contribution in [2.75, 3.05) is 20.3 Å². The molecule has 0 bridgehead atoms. The molecule has 0 aliphatic rings. The van der Waals surface area contributed by atoms with Crippen molar-refractivity contribution in [3.8, 4) is 5.75 Å². The van der Waals surface area contributed by atoms with Crippen molar-refractivity contribution in [3.05, 3.63) is 42.0 Å². The maximum absolute atomic E-state index is 12.1. The number of esters is 1. The summed E-state index contributed by atoms with van der Waals surface area (Å²) in [6.07, 6.45) is 0. The summed E-state index contributed by atoms with van der Waals surface area (Å²) in [5, 5.41) is 20.7. The molecule has 0 spiro atoms. The lowest BCUT2D eigenvalue weighted by atomic mass is 9.97. The molecule has 2 rings (SSSR count). The number of fused-ring (bicyclic) bond motifs is 1. The van der Waals surface area contributed by atoms with E-state index < -0.39 is 24.1 Å². The summed E-state index contributed by atoms with van der Waals surface area (Å²) in [6.45, 7) is 2.46. The predicted octanol–water partition coefficient (Wildman–Crippen LogP) is 2.24. The summed E-state index contributed by atoms with van der Waals surface area (Å²) < 4.78 is 10.3. The fourth-order valence-corrected chi connectivity index (χ4v) is 2.17. The van der Waals surface area contributed by atoms with Gasteiger partial charge in [-0.2, -0.15) is 0 Å². The topological polar surface area (TPSA) is 76.0 Å². The molecule has 0 aliphatic heterocycles. The molecule has 23 heavy (non-hydrogen) atoms. The third-order valence-corrected chi connectivity index (χ3v) is 3.79. The zero-order valence-electron chi connectivity index (χ0n) is 13.6. The van der Waals surface area contributed by atoms with Crippen LogP contribution in [0.3, 0.4) is 0 Å². The Balaban J connectivity index is 2.14. The van der Waals surface area contributed by atoms with Crippen LogP contribution >= 0.6 is 0 Å². The van der Waals surface area contributed by atoms with E-state index in [0.717, 1.165) is 22.1 Å². The van der Waals surface area contributed by atoms with Crippen LogP contribution in [0.2, 0.25) is 0 Å². The fraction of sp³-hybridized carbons (Fsp3) is 0.389. The Morgan fingerprint density at radius 1 is 1.22 bits per heavy atom. The maximum atomic E-state index is 12.1. The van der Waals surface area contributed by atoms with Gasteiger partial charge in [-0.3, -0.25) is 4.79 Å². The van der Waals surface area contributed by atoms with Gasteiger partial charge in [-0.1, -0.05) is 24.3 Å². The van der Waals surface area contributed by atoms with Crippen molar-refractivity contribution in [2.24, 2.45) is 0 Å². The Kier molecular flexibility index (Phi) is 5.23. The lowest BCUT2D eigenvalue weighted by molar-refractivity contribution is -0.154. The minimum atomic E-state index is -1.42. The molecule has 0 heterocycles. The van der Waals surface area contributed by atoms with E-state index >= 15 is 0 Å². The highest BCUT2D eigenvalue weighted by Crippen LogP contribution is 2.26. The average molecular weight is 318 g/mol. The van der Waals surface area contributed by atoms with E-state index in [1.54, 1.807) is 14.0 Å². The zero-order valence-corrected chi connectivity index (χ0v) is 13.6. The van der Waals surface area contributed by atoms with Crippen LogP contribution in [0.1, 0.15) is 25.3 Å². The lowest BCUT2D eigenvalue weighted by Gasteiger charge is -2.21. The van der Waals surface area contributed by atoms with Crippen LogP contribution in [0.5, 0.6) is 5.75 Å². The Morgan fingerprint density at radius 2 is 1.87 bits per heavy atom. The van der Waals surface area contributed by atoms with Crippen LogP contribution in [0.4, 0.5) is 0 Å². The van der Waals surface area contributed by atoms with Crippen LogP contribution < -0.4 is 4.74 Å². The van der Waals surface area contributed by atoms with Crippen LogP contribution in [0.15, 0.2) is 36.4 Å². The van der Waals surface area contributed by atoms with Gasteiger partial charge in [0, 0.05) is 0 Å². The number of methoxy groups -OCH3 is 1. The summed E-state index contributed by atoms with van der Waals surface area (Å²) in [4.78, 5) is 12.1. The first-order valence-corrected chi connectivity index (χ1v) is 7.44. The van der Waals surface area contributed by atoms with Crippen LogP contribution in [0.25, 0.3) is 10.8 Å². The summed E-state index contributed by atoms with van der Waals surface area (Å²) >= 11 is 0. The average Bonchev–Trinajstić information content (AvgIpc) is 2.58. The second kappa shape index (κ2) is 6.98. The van der Waals surface area contributed by atoms with Gasteiger partial charge in [-0.15, -0.1) is 0 Å². The van der Waals surface area contributed by atoms with E-state index in [9.17, 15) is 9.90 Å². The van der Waals surface area contributed by atoms with E-state index in [2.05, 4.69) is 0 Å². The number of carbonyl (C=O) groups is 1. The zero-order chi connectivity index (χ0) is 17.0. The lowest BCUT2D eigenvalue weighted by Crippen LogP contribution is -2.36. The van der Waals surface area contributed by atoms with Crippen LogP contribution in [0, 0.1) is 0 Å². The van der Waals surface area contributed by atoms with Gasteiger partial charge in [0.05, 0.1) is 19.6 Å². The van der Waals surface area contributed by atoms with E-state index in [0.29, 0.717) is 0 Å². The predicted molar refractivity (Wildman–Crippen MR) is 87.6 cm³/mol. The molecular weight excluding hydrogens is 296 g/mol. The quantitative estimate of drug-likeness (QED) is 0.799. The summed E-state index contributed by atoms with van der Waals surface area (Å²) in [6, 6.07) is 11.5. The van der Waals surface area contributed by atoms with Gasteiger partial charge >= 0.3 is 5.97 Å². The molecule has 0 saturated heterocycles. The van der Waals surface area contributed by atoms with Crippen molar-refractivity contribution in [1.29, 1.82) is 0 Å². The number of carbonyl (C=O) groups excluding carboxylic acids is 1. The molecule has 0 aliphatic carbocycles. The molecule has 2 atom stereocenters. The third kappa shape index (κ3) is 4.21. The largest absolute Gasteiger partial charge is 0.497 e. The second-order valence-corrected chi connectivity index (χ2v) is 5.96. The monoisotopic (exact) mass is 318 g/mol.